The van der Waals surface area contributed by atoms with Gasteiger partial charge in [0.1, 0.15) is 12.4 Å². The largest absolute Gasteiger partial charge is 0.486 e. The second-order valence-corrected chi connectivity index (χ2v) is 7.07. The summed E-state index contributed by atoms with van der Waals surface area (Å²) in [4.78, 5) is 23.6. The third-order valence-corrected chi connectivity index (χ3v) is 3.83. The Morgan fingerprint density at radius 3 is 2.48 bits per heavy atom. The van der Waals surface area contributed by atoms with Crippen molar-refractivity contribution in [3.05, 3.63) is 41.8 Å². The van der Waals surface area contributed by atoms with E-state index in [2.05, 4.69) is 29.6 Å². The number of carbonyl (C=O) groups excluding carboxylic acids is 2. The van der Waals surface area contributed by atoms with Crippen LogP contribution in [0, 0.1) is 11.8 Å². The second kappa shape index (κ2) is 9.75. The van der Waals surface area contributed by atoms with E-state index in [1.165, 1.54) is 0 Å². The minimum absolute atomic E-state index is 0.0375. The first-order valence-electron chi connectivity index (χ1n) is 9.12. The number of carbonyl (C=O) groups is 2. The molecule has 0 aliphatic heterocycles. The van der Waals surface area contributed by atoms with Crippen LogP contribution in [0.25, 0.3) is 0 Å². The van der Waals surface area contributed by atoms with E-state index in [9.17, 15) is 9.59 Å². The van der Waals surface area contributed by atoms with E-state index in [0.717, 1.165) is 6.42 Å². The summed E-state index contributed by atoms with van der Waals surface area (Å²) in [5.41, 5.74) is 0.949. The molecule has 0 aliphatic rings. The molecule has 2 rings (SSSR count). The van der Waals surface area contributed by atoms with Crippen molar-refractivity contribution in [3.63, 3.8) is 0 Å². The van der Waals surface area contributed by atoms with E-state index < -0.39 is 0 Å². The molecule has 2 aromatic rings. The Morgan fingerprint density at radius 1 is 1.15 bits per heavy atom. The Bertz CT molecular complexity index is 751. The first-order chi connectivity index (χ1) is 12.8. The minimum Gasteiger partial charge on any atom is -0.486 e. The van der Waals surface area contributed by atoms with Gasteiger partial charge in [-0.05, 0) is 36.6 Å². The van der Waals surface area contributed by atoms with Gasteiger partial charge in [0.15, 0.2) is 11.5 Å². The van der Waals surface area contributed by atoms with Crippen molar-refractivity contribution in [2.45, 2.75) is 40.7 Å². The first-order valence-corrected chi connectivity index (χ1v) is 9.12. The number of nitrogens with zero attached hydrogens (tertiary/aromatic N) is 1. The number of amides is 2. The molecule has 0 radical (unpaired) electrons. The number of aromatic nitrogens is 1. The van der Waals surface area contributed by atoms with Crippen molar-refractivity contribution in [1.82, 2.24) is 10.5 Å². The smallest absolute Gasteiger partial charge is 0.273 e. The van der Waals surface area contributed by atoms with Crippen LogP contribution in [0.4, 0.5) is 5.69 Å². The number of anilines is 1. The second-order valence-electron chi connectivity index (χ2n) is 7.07. The number of ether oxygens (including phenoxy) is 1. The van der Waals surface area contributed by atoms with Crippen molar-refractivity contribution < 1.29 is 18.8 Å². The summed E-state index contributed by atoms with van der Waals surface area (Å²) in [7, 11) is 0. The molecule has 0 bridgehead atoms. The van der Waals surface area contributed by atoms with Gasteiger partial charge in [-0.3, -0.25) is 9.59 Å². The molecule has 2 N–H and O–H groups in total. The fourth-order valence-electron chi connectivity index (χ4n) is 2.13. The molecule has 0 fully saturated rings. The van der Waals surface area contributed by atoms with Gasteiger partial charge in [-0.1, -0.05) is 32.9 Å². The predicted molar refractivity (Wildman–Crippen MR) is 103 cm³/mol. The van der Waals surface area contributed by atoms with Gasteiger partial charge in [-0.25, -0.2) is 0 Å². The van der Waals surface area contributed by atoms with Crippen LogP contribution in [-0.4, -0.2) is 23.5 Å². The molecular formula is C20H27N3O4. The molecule has 2 amide bonds. The van der Waals surface area contributed by atoms with E-state index in [-0.39, 0.29) is 30.0 Å². The van der Waals surface area contributed by atoms with Crippen LogP contribution >= 0.6 is 0 Å². The highest BCUT2D eigenvalue weighted by molar-refractivity contribution is 5.92. The normalized spacial score (nSPS) is 10.9. The zero-order valence-corrected chi connectivity index (χ0v) is 16.2. The highest BCUT2D eigenvalue weighted by Gasteiger charge is 2.13. The van der Waals surface area contributed by atoms with Crippen LogP contribution in [0.5, 0.6) is 5.75 Å². The summed E-state index contributed by atoms with van der Waals surface area (Å²) in [6.07, 6.45) is 0.910. The van der Waals surface area contributed by atoms with Gasteiger partial charge in [-0.15, -0.1) is 0 Å². The quantitative estimate of drug-likeness (QED) is 0.700. The highest BCUT2D eigenvalue weighted by Crippen LogP contribution is 2.18. The summed E-state index contributed by atoms with van der Waals surface area (Å²) in [6, 6.07) is 8.62. The molecule has 1 aromatic carbocycles. The Morgan fingerprint density at radius 2 is 1.85 bits per heavy atom. The fourth-order valence-corrected chi connectivity index (χ4v) is 2.13. The maximum Gasteiger partial charge on any atom is 0.273 e. The number of hydrogen-bond acceptors (Lipinski definition) is 5. The van der Waals surface area contributed by atoms with Crippen molar-refractivity contribution >= 4 is 17.5 Å². The van der Waals surface area contributed by atoms with Crippen molar-refractivity contribution in [2.24, 2.45) is 11.8 Å². The molecular weight excluding hydrogens is 346 g/mol. The van der Waals surface area contributed by atoms with Gasteiger partial charge in [0.05, 0.1) is 0 Å². The number of nitrogens with one attached hydrogen (secondary N) is 2. The standard InChI is InChI=1S/C20H27N3O4/c1-13(2)9-10-21-20(25)18-11-17(27-23-18)12-26-16-7-5-15(6-8-16)22-19(24)14(3)4/h5-8,11,13-14H,9-10,12H2,1-4H3,(H,21,25)(H,22,24). The highest BCUT2D eigenvalue weighted by atomic mass is 16.5. The van der Waals surface area contributed by atoms with E-state index in [4.69, 9.17) is 9.26 Å². The van der Waals surface area contributed by atoms with E-state index in [1.807, 2.05) is 13.8 Å². The molecule has 0 saturated heterocycles. The van der Waals surface area contributed by atoms with Crippen molar-refractivity contribution in [1.29, 1.82) is 0 Å². The molecule has 7 nitrogen and oxygen atoms in total. The lowest BCUT2D eigenvalue weighted by atomic mass is 10.1. The first kappa shape index (κ1) is 20.5. The van der Waals surface area contributed by atoms with Crippen LogP contribution in [0.2, 0.25) is 0 Å². The van der Waals surface area contributed by atoms with Crippen LogP contribution in [-0.2, 0) is 11.4 Å². The minimum atomic E-state index is -0.254. The maximum absolute atomic E-state index is 12.0. The molecule has 0 saturated carbocycles. The van der Waals surface area contributed by atoms with Crippen LogP contribution in [0.1, 0.15) is 50.4 Å². The fraction of sp³-hybridized carbons (Fsp3) is 0.450. The summed E-state index contributed by atoms with van der Waals surface area (Å²) in [5.74, 6) is 1.24. The topological polar surface area (TPSA) is 93.5 Å². The Hall–Kier alpha value is -2.83. The van der Waals surface area contributed by atoms with Gasteiger partial charge in [0.25, 0.3) is 5.91 Å². The third kappa shape index (κ3) is 6.77. The molecule has 7 heteroatoms. The predicted octanol–water partition coefficient (Wildman–Crippen LogP) is 3.62. The molecule has 0 atom stereocenters. The van der Waals surface area contributed by atoms with Gasteiger partial charge >= 0.3 is 0 Å². The number of benzene rings is 1. The lowest BCUT2D eigenvalue weighted by molar-refractivity contribution is -0.118. The number of rotatable bonds is 9. The van der Waals surface area contributed by atoms with Gasteiger partial charge in [0.2, 0.25) is 5.91 Å². The van der Waals surface area contributed by atoms with Crippen LogP contribution < -0.4 is 15.4 Å². The maximum atomic E-state index is 12.0. The molecule has 1 heterocycles. The lowest BCUT2D eigenvalue weighted by Crippen LogP contribution is -2.25. The Balaban J connectivity index is 1.82. The van der Waals surface area contributed by atoms with Gasteiger partial charge < -0.3 is 19.9 Å². The van der Waals surface area contributed by atoms with E-state index >= 15 is 0 Å². The Kier molecular flexibility index (Phi) is 7.40. The monoisotopic (exact) mass is 373 g/mol. The van der Waals surface area contributed by atoms with Gasteiger partial charge in [-0.2, -0.15) is 0 Å². The summed E-state index contributed by atoms with van der Waals surface area (Å²) in [5, 5.41) is 9.40. The molecule has 0 spiro atoms. The zero-order valence-electron chi connectivity index (χ0n) is 16.2. The summed E-state index contributed by atoms with van der Waals surface area (Å²) in [6.45, 7) is 8.63. The average Bonchev–Trinajstić information content (AvgIpc) is 3.09. The van der Waals surface area contributed by atoms with E-state index in [0.29, 0.717) is 29.7 Å². The molecule has 0 unspecified atom stereocenters. The lowest BCUT2D eigenvalue weighted by Gasteiger charge is -2.08. The molecule has 146 valence electrons. The van der Waals surface area contributed by atoms with Crippen LogP contribution in [0.3, 0.4) is 0 Å². The number of hydrogen-bond donors (Lipinski definition) is 2. The molecule has 27 heavy (non-hydrogen) atoms. The average molecular weight is 373 g/mol. The summed E-state index contributed by atoms with van der Waals surface area (Å²) >= 11 is 0. The van der Waals surface area contributed by atoms with Crippen molar-refractivity contribution in [2.75, 3.05) is 11.9 Å². The van der Waals surface area contributed by atoms with Crippen LogP contribution in [0.15, 0.2) is 34.9 Å². The molecule has 1 aromatic heterocycles. The zero-order chi connectivity index (χ0) is 19.8. The van der Waals surface area contributed by atoms with Crippen molar-refractivity contribution in [3.8, 4) is 5.75 Å². The SMILES string of the molecule is CC(C)CCNC(=O)c1cc(COc2ccc(NC(=O)C(C)C)cc2)on1. The Labute approximate surface area is 159 Å². The molecule has 0 aliphatic carbocycles. The van der Waals surface area contributed by atoms with E-state index in [1.54, 1.807) is 30.3 Å². The summed E-state index contributed by atoms with van der Waals surface area (Å²) < 4.78 is 10.8. The third-order valence-electron chi connectivity index (χ3n) is 3.83. The van der Waals surface area contributed by atoms with Gasteiger partial charge in [0, 0.05) is 24.2 Å².